The number of rotatable bonds is 11. The summed E-state index contributed by atoms with van der Waals surface area (Å²) in [5, 5.41) is 3.37. The molecule has 1 saturated heterocycles. The van der Waals surface area contributed by atoms with Crippen LogP contribution in [0.1, 0.15) is 65.2 Å². The first kappa shape index (κ1) is 16.9. The number of hydrogen-bond donors (Lipinski definition) is 1. The number of nitrogens with one attached hydrogen (secondary N) is 1. The minimum atomic E-state index is 0.248. The van der Waals surface area contributed by atoms with Gasteiger partial charge in [-0.05, 0) is 13.3 Å². The first-order chi connectivity index (χ1) is 9.33. The van der Waals surface area contributed by atoms with Crippen LogP contribution in [0.15, 0.2) is 0 Å². The van der Waals surface area contributed by atoms with Crippen molar-refractivity contribution in [1.29, 1.82) is 0 Å². The topological polar surface area (TPSA) is 30.5 Å². The Balaban J connectivity index is 1.78. The van der Waals surface area contributed by atoms with Crippen LogP contribution < -0.4 is 5.32 Å². The van der Waals surface area contributed by atoms with E-state index in [4.69, 9.17) is 9.47 Å². The molecule has 1 heterocycles. The van der Waals surface area contributed by atoms with Gasteiger partial charge in [0.1, 0.15) is 0 Å². The van der Waals surface area contributed by atoms with Gasteiger partial charge in [-0.25, -0.2) is 0 Å². The lowest BCUT2D eigenvalue weighted by atomic mass is 10.1. The standard InChI is InChI=1S/C16H33NO2/c1-3-4-5-6-7-8-9-10-11-18-14-16-13-17-12-15(2)19-16/h15-17H,3-14H2,1-2H3. The molecule has 0 spiro atoms. The molecule has 0 aliphatic carbocycles. The first-order valence-corrected chi connectivity index (χ1v) is 8.27. The lowest BCUT2D eigenvalue weighted by Gasteiger charge is -2.28. The second kappa shape index (κ2) is 11.7. The molecule has 0 aromatic carbocycles. The Morgan fingerprint density at radius 3 is 2.37 bits per heavy atom. The van der Waals surface area contributed by atoms with E-state index in [1.165, 1.54) is 51.4 Å². The summed E-state index contributed by atoms with van der Waals surface area (Å²) in [4.78, 5) is 0. The Kier molecular flexibility index (Phi) is 10.4. The Morgan fingerprint density at radius 1 is 1.00 bits per heavy atom. The van der Waals surface area contributed by atoms with E-state index in [0.29, 0.717) is 6.10 Å². The Morgan fingerprint density at radius 2 is 1.68 bits per heavy atom. The zero-order valence-electron chi connectivity index (χ0n) is 13.0. The highest BCUT2D eigenvalue weighted by Gasteiger charge is 2.18. The van der Waals surface area contributed by atoms with Crippen molar-refractivity contribution < 1.29 is 9.47 Å². The maximum atomic E-state index is 5.78. The molecule has 1 rings (SSSR count). The molecule has 0 radical (unpaired) electrons. The molecule has 0 amide bonds. The summed E-state index contributed by atoms with van der Waals surface area (Å²) in [6.45, 7) is 7.91. The molecule has 114 valence electrons. The molecule has 1 N–H and O–H groups in total. The molecule has 2 atom stereocenters. The largest absolute Gasteiger partial charge is 0.379 e. The molecule has 1 aliphatic rings. The zero-order valence-corrected chi connectivity index (χ0v) is 13.0. The van der Waals surface area contributed by atoms with E-state index in [1.807, 2.05) is 0 Å². The van der Waals surface area contributed by atoms with Gasteiger partial charge in [0, 0.05) is 19.7 Å². The summed E-state index contributed by atoms with van der Waals surface area (Å²) in [5.41, 5.74) is 0. The van der Waals surface area contributed by atoms with Gasteiger partial charge in [0.25, 0.3) is 0 Å². The van der Waals surface area contributed by atoms with Gasteiger partial charge in [-0.2, -0.15) is 0 Å². The maximum absolute atomic E-state index is 5.78. The predicted octanol–water partition coefficient (Wildman–Crippen LogP) is 3.52. The van der Waals surface area contributed by atoms with Crippen LogP contribution in [-0.2, 0) is 9.47 Å². The first-order valence-electron chi connectivity index (χ1n) is 8.27. The summed E-state index contributed by atoms with van der Waals surface area (Å²) in [6, 6.07) is 0. The summed E-state index contributed by atoms with van der Waals surface area (Å²) >= 11 is 0. The Hall–Kier alpha value is -0.120. The quantitative estimate of drug-likeness (QED) is 0.583. The monoisotopic (exact) mass is 271 g/mol. The lowest BCUT2D eigenvalue weighted by Crippen LogP contribution is -2.45. The second-order valence-electron chi connectivity index (χ2n) is 5.78. The minimum Gasteiger partial charge on any atom is -0.379 e. The number of hydrogen-bond acceptors (Lipinski definition) is 3. The Bertz CT molecular complexity index is 199. The van der Waals surface area contributed by atoms with E-state index in [1.54, 1.807) is 0 Å². The van der Waals surface area contributed by atoms with Crippen molar-refractivity contribution in [1.82, 2.24) is 5.32 Å². The second-order valence-corrected chi connectivity index (χ2v) is 5.78. The van der Waals surface area contributed by atoms with E-state index in [-0.39, 0.29) is 6.10 Å². The van der Waals surface area contributed by atoms with Crippen molar-refractivity contribution in [3.63, 3.8) is 0 Å². The molecular formula is C16H33NO2. The highest BCUT2D eigenvalue weighted by atomic mass is 16.5. The highest BCUT2D eigenvalue weighted by Crippen LogP contribution is 2.09. The summed E-state index contributed by atoms with van der Waals surface area (Å²) in [5.74, 6) is 0. The van der Waals surface area contributed by atoms with E-state index in [9.17, 15) is 0 Å². The van der Waals surface area contributed by atoms with Crippen LogP contribution in [0.4, 0.5) is 0 Å². The van der Waals surface area contributed by atoms with Gasteiger partial charge in [-0.1, -0.05) is 51.9 Å². The van der Waals surface area contributed by atoms with Crippen LogP contribution in [0.3, 0.4) is 0 Å². The van der Waals surface area contributed by atoms with E-state index in [2.05, 4.69) is 19.2 Å². The minimum absolute atomic E-state index is 0.248. The van der Waals surface area contributed by atoms with E-state index in [0.717, 1.165) is 26.3 Å². The fourth-order valence-corrected chi connectivity index (χ4v) is 2.52. The molecule has 0 aromatic rings. The molecule has 1 fully saturated rings. The molecule has 2 unspecified atom stereocenters. The summed E-state index contributed by atoms with van der Waals surface area (Å²) in [7, 11) is 0. The average Bonchev–Trinajstić information content (AvgIpc) is 2.41. The molecule has 1 aliphatic heterocycles. The number of morpholine rings is 1. The molecule has 0 saturated carbocycles. The normalized spacial score (nSPS) is 23.7. The van der Waals surface area contributed by atoms with Crippen molar-refractivity contribution in [2.45, 2.75) is 77.4 Å². The van der Waals surface area contributed by atoms with Crippen LogP contribution in [0.5, 0.6) is 0 Å². The SMILES string of the molecule is CCCCCCCCCCOCC1CNCC(C)O1. The molecule has 0 bridgehead atoms. The molecule has 3 nitrogen and oxygen atoms in total. The number of ether oxygens (including phenoxy) is 2. The van der Waals surface area contributed by atoms with E-state index < -0.39 is 0 Å². The van der Waals surface area contributed by atoms with Crippen molar-refractivity contribution in [2.75, 3.05) is 26.3 Å². The highest BCUT2D eigenvalue weighted by molar-refractivity contribution is 4.71. The van der Waals surface area contributed by atoms with Crippen LogP contribution in [0.2, 0.25) is 0 Å². The van der Waals surface area contributed by atoms with Gasteiger partial charge in [0.15, 0.2) is 0 Å². The van der Waals surface area contributed by atoms with Crippen LogP contribution >= 0.6 is 0 Å². The predicted molar refractivity (Wildman–Crippen MR) is 80.6 cm³/mol. The lowest BCUT2D eigenvalue weighted by molar-refractivity contribution is -0.0688. The smallest absolute Gasteiger partial charge is 0.0936 e. The average molecular weight is 271 g/mol. The molecule has 0 aromatic heterocycles. The molecule has 19 heavy (non-hydrogen) atoms. The Labute approximate surface area is 119 Å². The third-order valence-corrected chi connectivity index (χ3v) is 3.67. The molecule has 3 heteroatoms. The summed E-state index contributed by atoms with van der Waals surface area (Å²) in [6.07, 6.45) is 11.4. The van der Waals surface area contributed by atoms with Gasteiger partial charge in [-0.3, -0.25) is 0 Å². The maximum Gasteiger partial charge on any atom is 0.0936 e. The zero-order chi connectivity index (χ0) is 13.8. The number of unbranched alkanes of at least 4 members (excludes halogenated alkanes) is 7. The molecular weight excluding hydrogens is 238 g/mol. The van der Waals surface area contributed by atoms with Gasteiger partial charge in [-0.15, -0.1) is 0 Å². The van der Waals surface area contributed by atoms with Crippen molar-refractivity contribution >= 4 is 0 Å². The summed E-state index contributed by atoms with van der Waals surface area (Å²) < 4.78 is 11.5. The van der Waals surface area contributed by atoms with Gasteiger partial charge in [0.2, 0.25) is 0 Å². The third kappa shape index (κ3) is 9.42. The fourth-order valence-electron chi connectivity index (χ4n) is 2.52. The van der Waals surface area contributed by atoms with Crippen molar-refractivity contribution in [3.05, 3.63) is 0 Å². The van der Waals surface area contributed by atoms with E-state index >= 15 is 0 Å². The fraction of sp³-hybridized carbons (Fsp3) is 1.00. The van der Waals surface area contributed by atoms with Crippen LogP contribution in [0, 0.1) is 0 Å². The van der Waals surface area contributed by atoms with Gasteiger partial charge < -0.3 is 14.8 Å². The van der Waals surface area contributed by atoms with Crippen molar-refractivity contribution in [2.24, 2.45) is 0 Å². The van der Waals surface area contributed by atoms with Crippen LogP contribution in [0.25, 0.3) is 0 Å². The van der Waals surface area contributed by atoms with Gasteiger partial charge in [0.05, 0.1) is 18.8 Å². The third-order valence-electron chi connectivity index (χ3n) is 3.67. The van der Waals surface area contributed by atoms with Crippen LogP contribution in [-0.4, -0.2) is 38.5 Å². The van der Waals surface area contributed by atoms with Gasteiger partial charge >= 0.3 is 0 Å². The van der Waals surface area contributed by atoms with Crippen molar-refractivity contribution in [3.8, 4) is 0 Å².